The second-order valence-corrected chi connectivity index (χ2v) is 8.50. The van der Waals surface area contributed by atoms with Crippen LogP contribution in [0.5, 0.6) is 0 Å². The average Bonchev–Trinajstić information content (AvgIpc) is 2.70. The van der Waals surface area contributed by atoms with Crippen molar-refractivity contribution in [3.63, 3.8) is 0 Å². The van der Waals surface area contributed by atoms with E-state index in [0.29, 0.717) is 5.02 Å². The molecule has 138 valence electrons. The van der Waals surface area contributed by atoms with E-state index < -0.39 is 0 Å². The molecule has 4 heteroatoms. The average molecular weight is 517 g/mol. The SMILES string of the molecule is Fc1ccc(Br)c(-c2cc(-c3ccccc3Cl)cc(-c3ccccc3Br)c2)c1. The van der Waals surface area contributed by atoms with E-state index in [0.717, 1.165) is 42.3 Å². The lowest BCUT2D eigenvalue weighted by Gasteiger charge is -2.14. The summed E-state index contributed by atoms with van der Waals surface area (Å²) < 4.78 is 15.8. The molecule has 0 aliphatic rings. The molecule has 0 saturated heterocycles. The van der Waals surface area contributed by atoms with E-state index in [1.807, 2.05) is 48.5 Å². The van der Waals surface area contributed by atoms with E-state index in [1.165, 1.54) is 6.07 Å². The van der Waals surface area contributed by atoms with Gasteiger partial charge in [0.2, 0.25) is 0 Å². The predicted molar refractivity (Wildman–Crippen MR) is 123 cm³/mol. The van der Waals surface area contributed by atoms with Crippen molar-refractivity contribution in [1.29, 1.82) is 0 Å². The Morgan fingerprint density at radius 3 is 1.79 bits per heavy atom. The molecule has 0 N–H and O–H groups in total. The van der Waals surface area contributed by atoms with Gasteiger partial charge < -0.3 is 0 Å². The van der Waals surface area contributed by atoms with Gasteiger partial charge in [0.15, 0.2) is 0 Å². The minimum absolute atomic E-state index is 0.274. The molecule has 0 spiro atoms. The van der Waals surface area contributed by atoms with Crippen LogP contribution in [0.15, 0.2) is 93.9 Å². The maximum atomic E-state index is 14.0. The molecule has 0 nitrogen and oxygen atoms in total. The van der Waals surface area contributed by atoms with Crippen LogP contribution in [0.4, 0.5) is 4.39 Å². The van der Waals surface area contributed by atoms with Crippen LogP contribution in [0.3, 0.4) is 0 Å². The van der Waals surface area contributed by atoms with Gasteiger partial charge >= 0.3 is 0 Å². The molecule has 0 unspecified atom stereocenters. The molecule has 0 atom stereocenters. The van der Waals surface area contributed by atoms with Gasteiger partial charge in [0.05, 0.1) is 0 Å². The summed E-state index contributed by atoms with van der Waals surface area (Å²) in [6, 6.07) is 26.7. The predicted octanol–water partition coefficient (Wildman–Crippen LogP) is 9.01. The molecule has 0 radical (unpaired) electrons. The van der Waals surface area contributed by atoms with Crippen LogP contribution >= 0.6 is 43.5 Å². The first-order valence-corrected chi connectivity index (χ1v) is 10.6. The van der Waals surface area contributed by atoms with E-state index >= 15 is 0 Å². The molecule has 0 saturated carbocycles. The van der Waals surface area contributed by atoms with Crippen molar-refractivity contribution >= 4 is 43.5 Å². The van der Waals surface area contributed by atoms with E-state index in [-0.39, 0.29) is 5.82 Å². The Labute approximate surface area is 185 Å². The third-order valence-electron chi connectivity index (χ3n) is 4.54. The lowest BCUT2D eigenvalue weighted by molar-refractivity contribution is 0.628. The minimum Gasteiger partial charge on any atom is -0.207 e. The maximum absolute atomic E-state index is 14.0. The number of hydrogen-bond acceptors (Lipinski definition) is 0. The quantitative estimate of drug-likeness (QED) is 0.255. The van der Waals surface area contributed by atoms with Gasteiger partial charge in [0.25, 0.3) is 0 Å². The largest absolute Gasteiger partial charge is 0.207 e. The highest BCUT2D eigenvalue weighted by atomic mass is 79.9. The normalized spacial score (nSPS) is 10.9. The fourth-order valence-corrected chi connectivity index (χ4v) is 4.44. The highest BCUT2D eigenvalue weighted by molar-refractivity contribution is 9.11. The summed E-state index contributed by atoms with van der Waals surface area (Å²) in [7, 11) is 0. The second kappa shape index (κ2) is 8.20. The molecule has 0 aromatic heterocycles. The number of rotatable bonds is 3. The van der Waals surface area contributed by atoms with Gasteiger partial charge in [-0.15, -0.1) is 0 Å². The Bertz CT molecular complexity index is 1110. The van der Waals surface area contributed by atoms with Crippen LogP contribution in [0.2, 0.25) is 5.02 Å². The molecule has 4 rings (SSSR count). The van der Waals surface area contributed by atoms with Gasteiger partial charge in [0.1, 0.15) is 5.82 Å². The summed E-state index contributed by atoms with van der Waals surface area (Å²) in [5.74, 6) is -0.274. The summed E-state index contributed by atoms with van der Waals surface area (Å²) >= 11 is 13.7. The van der Waals surface area contributed by atoms with Gasteiger partial charge in [-0.3, -0.25) is 0 Å². The highest BCUT2D eigenvalue weighted by Gasteiger charge is 2.13. The maximum Gasteiger partial charge on any atom is 0.123 e. The van der Waals surface area contributed by atoms with Crippen LogP contribution in [0.25, 0.3) is 33.4 Å². The first-order chi connectivity index (χ1) is 13.5. The standard InChI is InChI=1S/C24H14Br2ClF/c25-22-7-3-1-5-19(22)15-11-16(20-6-2-4-8-24(20)27)13-17(12-15)21-14-18(28)9-10-23(21)26/h1-14H. The second-order valence-electron chi connectivity index (χ2n) is 6.38. The summed E-state index contributed by atoms with van der Waals surface area (Å²) in [5, 5.41) is 0.677. The Morgan fingerprint density at radius 1 is 0.571 bits per heavy atom. The minimum atomic E-state index is -0.274. The molecule has 28 heavy (non-hydrogen) atoms. The Balaban J connectivity index is 2.00. The third-order valence-corrected chi connectivity index (χ3v) is 6.25. The number of benzene rings is 4. The molecular weight excluding hydrogens is 503 g/mol. The van der Waals surface area contributed by atoms with Crippen LogP contribution in [0.1, 0.15) is 0 Å². The molecule has 4 aromatic rings. The van der Waals surface area contributed by atoms with Crippen LogP contribution in [-0.4, -0.2) is 0 Å². The lowest BCUT2D eigenvalue weighted by atomic mass is 9.93. The smallest absolute Gasteiger partial charge is 0.123 e. The number of halogens is 4. The van der Waals surface area contributed by atoms with Gasteiger partial charge in [-0.25, -0.2) is 4.39 Å². The van der Waals surface area contributed by atoms with Crippen LogP contribution < -0.4 is 0 Å². The van der Waals surface area contributed by atoms with Crippen LogP contribution in [0, 0.1) is 5.82 Å². The summed E-state index contributed by atoms with van der Waals surface area (Å²) in [4.78, 5) is 0. The fourth-order valence-electron chi connectivity index (χ4n) is 3.20. The van der Waals surface area contributed by atoms with Crippen molar-refractivity contribution in [2.24, 2.45) is 0 Å². The first-order valence-electron chi connectivity index (χ1n) is 8.63. The molecule has 4 aromatic carbocycles. The van der Waals surface area contributed by atoms with E-state index in [2.05, 4.69) is 50.1 Å². The highest BCUT2D eigenvalue weighted by Crippen LogP contribution is 2.39. The van der Waals surface area contributed by atoms with E-state index in [9.17, 15) is 4.39 Å². The molecule has 0 aliphatic heterocycles. The van der Waals surface area contributed by atoms with E-state index in [4.69, 9.17) is 11.6 Å². The Kier molecular flexibility index (Phi) is 5.68. The van der Waals surface area contributed by atoms with Crippen molar-refractivity contribution in [3.8, 4) is 33.4 Å². The van der Waals surface area contributed by atoms with E-state index in [1.54, 1.807) is 12.1 Å². The van der Waals surface area contributed by atoms with Crippen molar-refractivity contribution in [2.45, 2.75) is 0 Å². The third kappa shape index (κ3) is 3.93. The molecule has 0 heterocycles. The van der Waals surface area contributed by atoms with Crippen molar-refractivity contribution < 1.29 is 4.39 Å². The molecule has 0 fully saturated rings. The zero-order chi connectivity index (χ0) is 19.7. The zero-order valence-electron chi connectivity index (χ0n) is 14.6. The number of hydrogen-bond donors (Lipinski definition) is 0. The van der Waals surface area contributed by atoms with Gasteiger partial charge in [-0.1, -0.05) is 79.9 Å². The zero-order valence-corrected chi connectivity index (χ0v) is 18.5. The van der Waals surface area contributed by atoms with Crippen molar-refractivity contribution in [1.82, 2.24) is 0 Å². The Hall–Kier alpha value is -1.94. The van der Waals surface area contributed by atoms with Crippen LogP contribution in [-0.2, 0) is 0 Å². The van der Waals surface area contributed by atoms with Gasteiger partial charge in [-0.2, -0.15) is 0 Å². The van der Waals surface area contributed by atoms with Crippen molar-refractivity contribution in [3.05, 3.63) is 105 Å². The molecular formula is C24H14Br2ClF. The monoisotopic (exact) mass is 514 g/mol. The molecule has 0 amide bonds. The molecule has 0 bridgehead atoms. The van der Waals surface area contributed by atoms with Gasteiger partial charge in [-0.05, 0) is 76.3 Å². The first kappa shape index (κ1) is 19.4. The summed E-state index contributed by atoms with van der Waals surface area (Å²) in [6.07, 6.45) is 0. The summed E-state index contributed by atoms with van der Waals surface area (Å²) in [5.41, 5.74) is 5.70. The van der Waals surface area contributed by atoms with Crippen molar-refractivity contribution in [2.75, 3.05) is 0 Å². The Morgan fingerprint density at radius 2 is 1.11 bits per heavy atom. The topological polar surface area (TPSA) is 0 Å². The van der Waals surface area contributed by atoms with Gasteiger partial charge in [0, 0.05) is 19.5 Å². The lowest BCUT2D eigenvalue weighted by Crippen LogP contribution is -1.89. The fraction of sp³-hybridized carbons (Fsp3) is 0. The summed E-state index contributed by atoms with van der Waals surface area (Å²) in [6.45, 7) is 0. The molecule has 0 aliphatic carbocycles.